The van der Waals surface area contributed by atoms with Crippen LogP contribution in [0.4, 0.5) is 0 Å². The highest BCUT2D eigenvalue weighted by molar-refractivity contribution is 5.14. The first kappa shape index (κ1) is 21.1. The Kier molecular flexibility index (Phi) is 5.66. The Balaban J connectivity index is 1.62. The molecule has 0 radical (unpaired) electrons. The summed E-state index contributed by atoms with van der Waals surface area (Å²) in [6.45, 7) is 7.23. The average Bonchev–Trinajstić information content (AvgIpc) is 3.01. The molecule has 4 fully saturated rings. The van der Waals surface area contributed by atoms with Crippen molar-refractivity contribution in [3.05, 3.63) is 0 Å². The lowest BCUT2D eigenvalue weighted by atomic mass is 9.43. The van der Waals surface area contributed by atoms with Crippen molar-refractivity contribution in [2.24, 2.45) is 46.3 Å². The first-order chi connectivity index (χ1) is 13.2. The quantitative estimate of drug-likeness (QED) is 0.589. The highest BCUT2D eigenvalue weighted by atomic mass is 16.3. The van der Waals surface area contributed by atoms with Gasteiger partial charge in [0, 0.05) is 6.61 Å². The average molecular weight is 395 g/mol. The fourth-order valence-corrected chi connectivity index (χ4v) is 8.75. The Bertz CT molecular complexity index is 567. The predicted octanol–water partition coefficient (Wildman–Crippen LogP) is 3.36. The Morgan fingerprint density at radius 2 is 1.71 bits per heavy atom. The van der Waals surface area contributed by atoms with Crippen LogP contribution >= 0.6 is 0 Å². The monoisotopic (exact) mass is 394 g/mol. The molecule has 0 saturated heterocycles. The van der Waals surface area contributed by atoms with Crippen LogP contribution in [0.2, 0.25) is 0 Å². The van der Waals surface area contributed by atoms with Gasteiger partial charge in [0.25, 0.3) is 0 Å². The summed E-state index contributed by atoms with van der Waals surface area (Å²) in [6.07, 6.45) is 7.62. The van der Waals surface area contributed by atoms with Gasteiger partial charge in [0.2, 0.25) is 0 Å². The normalized spacial score (nSPS) is 54.5. The van der Waals surface area contributed by atoms with Gasteiger partial charge in [-0.15, -0.1) is 0 Å². The second-order valence-electron chi connectivity index (χ2n) is 11.4. The van der Waals surface area contributed by atoms with Crippen LogP contribution in [0.25, 0.3) is 0 Å². The molecule has 0 unspecified atom stereocenters. The van der Waals surface area contributed by atoms with Gasteiger partial charge < -0.3 is 20.4 Å². The van der Waals surface area contributed by atoms with Crippen LogP contribution in [0.1, 0.15) is 78.6 Å². The van der Waals surface area contributed by atoms with Gasteiger partial charge in [-0.25, -0.2) is 0 Å². The Hall–Kier alpha value is -0.160. The summed E-state index contributed by atoms with van der Waals surface area (Å²) in [6, 6.07) is 0. The SMILES string of the molecule is C[C@H](CCCO)[C@H]1CC[C@@H]2[C@H]3[C@H](O)C[C@@H]4C[C@H](O)CC[C@]4(C)[C@@H]3C[C@H](O)[C@@]21C. The number of rotatable bonds is 4. The largest absolute Gasteiger partial charge is 0.396 e. The predicted molar refractivity (Wildman–Crippen MR) is 109 cm³/mol. The van der Waals surface area contributed by atoms with Crippen LogP contribution < -0.4 is 0 Å². The highest BCUT2D eigenvalue weighted by Gasteiger charge is 2.65. The van der Waals surface area contributed by atoms with E-state index in [4.69, 9.17) is 0 Å². The van der Waals surface area contributed by atoms with E-state index in [-0.39, 0.29) is 35.7 Å². The molecule has 28 heavy (non-hydrogen) atoms. The minimum Gasteiger partial charge on any atom is -0.396 e. The smallest absolute Gasteiger partial charge is 0.0602 e. The molecule has 0 bridgehead atoms. The Morgan fingerprint density at radius 1 is 0.964 bits per heavy atom. The molecule has 4 saturated carbocycles. The molecule has 0 heterocycles. The third kappa shape index (κ3) is 3.01. The molecule has 0 amide bonds. The number of aliphatic hydroxyl groups excluding tert-OH is 4. The molecule has 0 aromatic rings. The number of hydrogen-bond acceptors (Lipinski definition) is 4. The molecule has 4 N–H and O–H groups in total. The summed E-state index contributed by atoms with van der Waals surface area (Å²) in [5.74, 6) is 2.41. The van der Waals surface area contributed by atoms with Gasteiger partial charge in [-0.2, -0.15) is 0 Å². The van der Waals surface area contributed by atoms with Crippen LogP contribution in [0.5, 0.6) is 0 Å². The van der Waals surface area contributed by atoms with Crippen molar-refractivity contribution in [3.8, 4) is 0 Å². The lowest BCUT2D eigenvalue weighted by Crippen LogP contribution is -2.62. The van der Waals surface area contributed by atoms with Crippen molar-refractivity contribution in [1.82, 2.24) is 0 Å². The van der Waals surface area contributed by atoms with Crippen LogP contribution in [0.15, 0.2) is 0 Å². The molecule has 0 aromatic carbocycles. The van der Waals surface area contributed by atoms with Crippen LogP contribution in [-0.4, -0.2) is 45.3 Å². The number of aliphatic hydroxyl groups is 4. The maximum absolute atomic E-state index is 11.5. The molecule has 4 aliphatic rings. The lowest BCUT2D eigenvalue weighted by Gasteiger charge is -2.63. The number of hydrogen-bond donors (Lipinski definition) is 4. The summed E-state index contributed by atoms with van der Waals surface area (Å²) in [5, 5.41) is 42.2. The van der Waals surface area contributed by atoms with Gasteiger partial charge >= 0.3 is 0 Å². The van der Waals surface area contributed by atoms with Crippen molar-refractivity contribution < 1.29 is 20.4 Å². The van der Waals surface area contributed by atoms with Crippen molar-refractivity contribution in [2.45, 2.75) is 96.9 Å². The van der Waals surface area contributed by atoms with Crippen molar-refractivity contribution >= 4 is 0 Å². The van der Waals surface area contributed by atoms with E-state index in [1.54, 1.807) is 0 Å². The maximum Gasteiger partial charge on any atom is 0.0602 e. The van der Waals surface area contributed by atoms with Gasteiger partial charge in [0.15, 0.2) is 0 Å². The maximum atomic E-state index is 11.5. The summed E-state index contributed by atoms with van der Waals surface area (Å²) < 4.78 is 0. The molecule has 0 aliphatic heterocycles. The zero-order valence-electron chi connectivity index (χ0n) is 18.1. The minimum atomic E-state index is -0.308. The van der Waals surface area contributed by atoms with E-state index in [0.717, 1.165) is 57.8 Å². The second-order valence-corrected chi connectivity index (χ2v) is 11.4. The summed E-state index contributed by atoms with van der Waals surface area (Å²) in [7, 11) is 0. The van der Waals surface area contributed by atoms with Crippen molar-refractivity contribution in [1.29, 1.82) is 0 Å². The van der Waals surface area contributed by atoms with E-state index < -0.39 is 0 Å². The minimum absolute atomic E-state index is 0.117. The third-order valence-electron chi connectivity index (χ3n) is 10.3. The molecule has 0 spiro atoms. The van der Waals surface area contributed by atoms with Crippen molar-refractivity contribution in [3.63, 3.8) is 0 Å². The standard InChI is InChI=1S/C24H42O4/c1-14(5-4-10-25)17-6-7-18-22-19(13-21(28)24(17,18)3)23(2)9-8-16(26)11-15(23)12-20(22)27/h14-22,25-28H,4-13H2,1-3H3/t14-,15+,16-,17-,18-,19-,20-,21+,22-,23+,24-/m1/s1. The van der Waals surface area contributed by atoms with Crippen molar-refractivity contribution in [2.75, 3.05) is 6.61 Å². The van der Waals surface area contributed by atoms with Crippen LogP contribution in [0.3, 0.4) is 0 Å². The first-order valence-corrected chi connectivity index (χ1v) is 11.9. The summed E-state index contributed by atoms with van der Waals surface area (Å²) >= 11 is 0. The molecule has 4 nitrogen and oxygen atoms in total. The van der Waals surface area contributed by atoms with E-state index in [2.05, 4.69) is 20.8 Å². The Morgan fingerprint density at radius 3 is 2.43 bits per heavy atom. The summed E-state index contributed by atoms with van der Waals surface area (Å²) in [4.78, 5) is 0. The molecule has 0 aromatic heterocycles. The lowest BCUT2D eigenvalue weighted by molar-refractivity contribution is -0.207. The van der Waals surface area contributed by atoms with Gasteiger partial charge in [-0.1, -0.05) is 20.8 Å². The van der Waals surface area contributed by atoms with E-state index in [1.165, 1.54) is 0 Å². The van der Waals surface area contributed by atoms with Crippen LogP contribution in [0, 0.1) is 46.3 Å². The van der Waals surface area contributed by atoms with Gasteiger partial charge in [-0.3, -0.25) is 0 Å². The van der Waals surface area contributed by atoms with Gasteiger partial charge in [0.1, 0.15) is 0 Å². The van der Waals surface area contributed by atoms with Gasteiger partial charge in [0.05, 0.1) is 18.3 Å². The molecule has 4 rings (SSSR count). The zero-order chi connectivity index (χ0) is 20.3. The summed E-state index contributed by atoms with van der Waals surface area (Å²) in [5.41, 5.74) is 0.0282. The van der Waals surface area contributed by atoms with Gasteiger partial charge in [-0.05, 0) is 104 Å². The zero-order valence-corrected chi connectivity index (χ0v) is 18.1. The molecule has 4 aliphatic carbocycles. The van der Waals surface area contributed by atoms with E-state index in [9.17, 15) is 20.4 Å². The molecular weight excluding hydrogens is 352 g/mol. The fourth-order valence-electron chi connectivity index (χ4n) is 8.75. The van der Waals surface area contributed by atoms with E-state index in [1.807, 2.05) is 0 Å². The molecule has 4 heteroatoms. The highest BCUT2D eigenvalue weighted by Crippen LogP contribution is 2.68. The fraction of sp³-hybridized carbons (Fsp3) is 1.00. The molecule has 162 valence electrons. The molecule has 11 atom stereocenters. The topological polar surface area (TPSA) is 80.9 Å². The van der Waals surface area contributed by atoms with E-state index in [0.29, 0.717) is 35.5 Å². The number of fused-ring (bicyclic) bond motifs is 5. The third-order valence-corrected chi connectivity index (χ3v) is 10.3. The second kappa shape index (κ2) is 7.51. The molecular formula is C24H42O4. The van der Waals surface area contributed by atoms with E-state index >= 15 is 0 Å². The van der Waals surface area contributed by atoms with Crippen LogP contribution in [-0.2, 0) is 0 Å². The Labute approximate surface area is 170 Å². The first-order valence-electron chi connectivity index (χ1n) is 11.9.